The van der Waals surface area contributed by atoms with Crippen molar-refractivity contribution in [1.29, 1.82) is 0 Å². The highest BCUT2D eigenvalue weighted by molar-refractivity contribution is 6.01. The zero-order valence-corrected chi connectivity index (χ0v) is 12.0. The van der Waals surface area contributed by atoms with Crippen LogP contribution in [0.5, 0.6) is 0 Å². The third-order valence-corrected chi connectivity index (χ3v) is 3.99. The zero-order valence-electron chi connectivity index (χ0n) is 12.0. The lowest BCUT2D eigenvalue weighted by Crippen LogP contribution is -2.45. The average molecular weight is 282 g/mol. The SMILES string of the molecule is CC1CN(C(=O)Nc2cccc3ccccc23)CCC1=O. The number of anilines is 1. The van der Waals surface area contributed by atoms with E-state index in [0.717, 1.165) is 16.5 Å². The van der Waals surface area contributed by atoms with Crippen molar-refractivity contribution in [3.8, 4) is 0 Å². The Hall–Kier alpha value is -2.36. The van der Waals surface area contributed by atoms with Crippen LogP contribution >= 0.6 is 0 Å². The molecule has 0 spiro atoms. The van der Waals surface area contributed by atoms with Gasteiger partial charge in [0.05, 0.1) is 5.69 Å². The fourth-order valence-electron chi connectivity index (χ4n) is 2.73. The van der Waals surface area contributed by atoms with Crippen LogP contribution in [0.3, 0.4) is 0 Å². The summed E-state index contributed by atoms with van der Waals surface area (Å²) >= 11 is 0. The molecular weight excluding hydrogens is 264 g/mol. The van der Waals surface area contributed by atoms with Gasteiger partial charge in [0.1, 0.15) is 5.78 Å². The van der Waals surface area contributed by atoms with Crippen LogP contribution in [-0.4, -0.2) is 29.8 Å². The number of hydrogen-bond acceptors (Lipinski definition) is 2. The minimum absolute atomic E-state index is 0.0722. The van der Waals surface area contributed by atoms with Gasteiger partial charge in [0.25, 0.3) is 0 Å². The van der Waals surface area contributed by atoms with E-state index in [9.17, 15) is 9.59 Å². The number of nitrogens with zero attached hydrogens (tertiary/aromatic N) is 1. The second-order valence-corrected chi connectivity index (χ2v) is 5.52. The molecular formula is C17H18N2O2. The largest absolute Gasteiger partial charge is 0.323 e. The number of fused-ring (bicyclic) bond motifs is 1. The summed E-state index contributed by atoms with van der Waals surface area (Å²) in [6.45, 7) is 2.87. The summed E-state index contributed by atoms with van der Waals surface area (Å²) in [4.78, 5) is 25.6. The molecule has 1 saturated heterocycles. The Bertz CT molecular complexity index is 691. The molecule has 4 heteroatoms. The molecule has 0 saturated carbocycles. The Morgan fingerprint density at radius 2 is 1.95 bits per heavy atom. The summed E-state index contributed by atoms with van der Waals surface area (Å²) < 4.78 is 0. The first-order chi connectivity index (χ1) is 10.1. The van der Waals surface area contributed by atoms with Gasteiger partial charge in [-0.2, -0.15) is 0 Å². The Morgan fingerprint density at radius 3 is 2.76 bits per heavy atom. The molecule has 2 amide bonds. The van der Waals surface area contributed by atoms with Gasteiger partial charge in [-0.05, 0) is 11.5 Å². The van der Waals surface area contributed by atoms with E-state index in [1.165, 1.54) is 0 Å². The third-order valence-electron chi connectivity index (χ3n) is 3.99. The average Bonchev–Trinajstić information content (AvgIpc) is 2.50. The summed E-state index contributed by atoms with van der Waals surface area (Å²) in [5, 5.41) is 5.08. The number of carbonyl (C=O) groups excluding carboxylic acids is 2. The van der Waals surface area contributed by atoms with Crippen LogP contribution < -0.4 is 5.32 Å². The van der Waals surface area contributed by atoms with E-state index in [1.807, 2.05) is 49.4 Å². The molecule has 108 valence electrons. The van der Waals surface area contributed by atoms with E-state index in [2.05, 4.69) is 5.32 Å². The van der Waals surface area contributed by atoms with Gasteiger partial charge in [-0.3, -0.25) is 4.79 Å². The summed E-state index contributed by atoms with van der Waals surface area (Å²) in [5.74, 6) is 0.168. The van der Waals surface area contributed by atoms with Crippen LogP contribution in [-0.2, 0) is 4.79 Å². The fraction of sp³-hybridized carbons (Fsp3) is 0.294. The van der Waals surface area contributed by atoms with Crippen molar-refractivity contribution in [3.05, 3.63) is 42.5 Å². The lowest BCUT2D eigenvalue weighted by atomic mass is 9.99. The van der Waals surface area contributed by atoms with Gasteiger partial charge in [0, 0.05) is 30.8 Å². The number of urea groups is 1. The van der Waals surface area contributed by atoms with E-state index < -0.39 is 0 Å². The molecule has 0 radical (unpaired) electrons. The standard InChI is InChI=1S/C17H18N2O2/c1-12-11-19(10-9-16(12)20)17(21)18-15-8-4-6-13-5-2-3-7-14(13)15/h2-8,12H,9-11H2,1H3,(H,18,21). The van der Waals surface area contributed by atoms with Crippen LogP contribution in [0.1, 0.15) is 13.3 Å². The van der Waals surface area contributed by atoms with Crippen LogP contribution in [0.15, 0.2) is 42.5 Å². The van der Waals surface area contributed by atoms with E-state index in [1.54, 1.807) is 4.90 Å². The molecule has 1 aliphatic rings. The van der Waals surface area contributed by atoms with E-state index in [-0.39, 0.29) is 17.7 Å². The normalized spacial score (nSPS) is 18.8. The molecule has 1 atom stereocenters. The number of nitrogens with one attached hydrogen (secondary N) is 1. The first-order valence-electron chi connectivity index (χ1n) is 7.21. The number of hydrogen-bond donors (Lipinski definition) is 1. The van der Waals surface area contributed by atoms with Crippen molar-refractivity contribution in [1.82, 2.24) is 4.90 Å². The minimum atomic E-state index is -0.134. The third kappa shape index (κ3) is 2.75. The molecule has 1 heterocycles. The molecule has 4 nitrogen and oxygen atoms in total. The number of amides is 2. The Labute approximate surface area is 123 Å². The molecule has 1 aliphatic heterocycles. The van der Waals surface area contributed by atoms with E-state index >= 15 is 0 Å². The Kier molecular flexibility index (Phi) is 3.60. The smallest absolute Gasteiger partial charge is 0.321 e. The maximum atomic E-state index is 12.4. The number of Topliss-reactive ketones (excluding diaryl/α,β-unsaturated/α-hetero) is 1. The predicted molar refractivity (Wildman–Crippen MR) is 83.3 cm³/mol. The quantitative estimate of drug-likeness (QED) is 0.872. The van der Waals surface area contributed by atoms with Crippen molar-refractivity contribution in [2.75, 3.05) is 18.4 Å². The number of piperidine rings is 1. The van der Waals surface area contributed by atoms with Crippen LogP contribution in [0.2, 0.25) is 0 Å². The summed E-state index contributed by atoms with van der Waals surface area (Å²) in [5.41, 5.74) is 0.808. The van der Waals surface area contributed by atoms with Gasteiger partial charge < -0.3 is 10.2 Å². The molecule has 1 unspecified atom stereocenters. The second-order valence-electron chi connectivity index (χ2n) is 5.52. The van der Waals surface area contributed by atoms with Gasteiger partial charge in [-0.25, -0.2) is 4.79 Å². The number of carbonyl (C=O) groups is 2. The zero-order chi connectivity index (χ0) is 14.8. The maximum Gasteiger partial charge on any atom is 0.321 e. The van der Waals surface area contributed by atoms with Crippen molar-refractivity contribution in [2.45, 2.75) is 13.3 Å². The molecule has 2 aromatic carbocycles. The van der Waals surface area contributed by atoms with Crippen molar-refractivity contribution < 1.29 is 9.59 Å². The lowest BCUT2D eigenvalue weighted by molar-refractivity contribution is -0.124. The predicted octanol–water partition coefficient (Wildman–Crippen LogP) is 3.28. The summed E-state index contributed by atoms with van der Waals surface area (Å²) in [6.07, 6.45) is 0.449. The Balaban J connectivity index is 1.79. The molecule has 21 heavy (non-hydrogen) atoms. The maximum absolute atomic E-state index is 12.4. The highest BCUT2D eigenvalue weighted by Gasteiger charge is 2.26. The fourth-order valence-corrected chi connectivity index (χ4v) is 2.73. The molecule has 2 aromatic rings. The van der Waals surface area contributed by atoms with Crippen LogP contribution in [0, 0.1) is 5.92 Å². The van der Waals surface area contributed by atoms with Crippen molar-refractivity contribution >= 4 is 28.3 Å². The summed E-state index contributed by atoms with van der Waals surface area (Å²) in [6, 6.07) is 13.7. The van der Waals surface area contributed by atoms with Crippen LogP contribution in [0.25, 0.3) is 10.8 Å². The number of benzene rings is 2. The monoisotopic (exact) mass is 282 g/mol. The molecule has 0 aliphatic carbocycles. The van der Waals surface area contributed by atoms with E-state index in [0.29, 0.717) is 19.5 Å². The highest BCUT2D eigenvalue weighted by atomic mass is 16.2. The molecule has 1 N–H and O–H groups in total. The highest BCUT2D eigenvalue weighted by Crippen LogP contribution is 2.23. The van der Waals surface area contributed by atoms with Gasteiger partial charge in [0.2, 0.25) is 0 Å². The molecule has 1 fully saturated rings. The van der Waals surface area contributed by atoms with Gasteiger partial charge >= 0.3 is 6.03 Å². The molecule has 3 rings (SSSR count). The van der Waals surface area contributed by atoms with Crippen molar-refractivity contribution in [2.24, 2.45) is 5.92 Å². The molecule has 0 bridgehead atoms. The number of likely N-dealkylation sites (tertiary alicyclic amines) is 1. The Morgan fingerprint density at radius 1 is 1.19 bits per heavy atom. The van der Waals surface area contributed by atoms with Gasteiger partial charge in [-0.1, -0.05) is 43.3 Å². The minimum Gasteiger partial charge on any atom is -0.323 e. The summed E-state index contributed by atoms with van der Waals surface area (Å²) in [7, 11) is 0. The first-order valence-corrected chi connectivity index (χ1v) is 7.21. The van der Waals surface area contributed by atoms with Crippen LogP contribution in [0.4, 0.5) is 10.5 Å². The second kappa shape index (κ2) is 5.56. The van der Waals surface area contributed by atoms with Gasteiger partial charge in [-0.15, -0.1) is 0 Å². The lowest BCUT2D eigenvalue weighted by Gasteiger charge is -2.30. The topological polar surface area (TPSA) is 49.4 Å². The van der Waals surface area contributed by atoms with Gasteiger partial charge in [0.15, 0.2) is 0 Å². The number of ketones is 1. The number of rotatable bonds is 1. The van der Waals surface area contributed by atoms with E-state index in [4.69, 9.17) is 0 Å². The van der Waals surface area contributed by atoms with Crippen molar-refractivity contribution in [3.63, 3.8) is 0 Å². The molecule has 0 aromatic heterocycles. The first kappa shape index (κ1) is 13.6.